The number of hydrogen-bond acceptors (Lipinski definition) is 6. The van der Waals surface area contributed by atoms with Gasteiger partial charge in [0.05, 0.1) is 13.7 Å². The standard InChI is InChI=1S/C18H28N2O6S/c1-6-26-17(21)14(4)19-27(23,24)20(12-15-10-8-7-9-11-15)16(13(2)3)18(22)25-5/h7-11,13-14,16,19H,6,12H2,1-5H3/t14-,16+/m1/s1. The predicted octanol–water partition coefficient (Wildman–Crippen LogP) is 1.47. The van der Waals surface area contributed by atoms with Crippen molar-refractivity contribution < 1.29 is 27.5 Å². The number of nitrogens with zero attached hydrogens (tertiary/aromatic N) is 1. The number of rotatable bonds is 10. The summed E-state index contributed by atoms with van der Waals surface area (Å²) in [5, 5.41) is 0. The van der Waals surface area contributed by atoms with Crippen molar-refractivity contribution in [2.24, 2.45) is 5.92 Å². The molecule has 0 aliphatic rings. The summed E-state index contributed by atoms with van der Waals surface area (Å²) in [6, 6.07) is 6.72. The molecule has 0 fully saturated rings. The van der Waals surface area contributed by atoms with E-state index in [0.717, 1.165) is 4.31 Å². The van der Waals surface area contributed by atoms with Crippen LogP contribution in [0, 0.1) is 5.92 Å². The molecular formula is C18H28N2O6S. The largest absolute Gasteiger partial charge is 0.468 e. The second kappa shape index (κ2) is 10.4. The maximum absolute atomic E-state index is 13.0. The van der Waals surface area contributed by atoms with Gasteiger partial charge in [-0.1, -0.05) is 44.2 Å². The minimum Gasteiger partial charge on any atom is -0.468 e. The van der Waals surface area contributed by atoms with Crippen molar-refractivity contribution in [2.45, 2.75) is 46.3 Å². The molecule has 9 heteroatoms. The van der Waals surface area contributed by atoms with Crippen molar-refractivity contribution in [2.75, 3.05) is 13.7 Å². The van der Waals surface area contributed by atoms with E-state index in [-0.39, 0.29) is 19.1 Å². The lowest BCUT2D eigenvalue weighted by atomic mass is 10.0. The number of hydrogen-bond donors (Lipinski definition) is 1. The molecule has 2 atom stereocenters. The lowest BCUT2D eigenvalue weighted by Crippen LogP contribution is -2.54. The van der Waals surface area contributed by atoms with Crippen molar-refractivity contribution in [3.05, 3.63) is 35.9 Å². The van der Waals surface area contributed by atoms with E-state index < -0.39 is 34.2 Å². The quantitative estimate of drug-likeness (QED) is 0.597. The number of ether oxygens (including phenoxy) is 2. The summed E-state index contributed by atoms with van der Waals surface area (Å²) in [6.07, 6.45) is 0. The van der Waals surface area contributed by atoms with Gasteiger partial charge in [-0.15, -0.1) is 0 Å². The van der Waals surface area contributed by atoms with E-state index >= 15 is 0 Å². The molecule has 27 heavy (non-hydrogen) atoms. The Morgan fingerprint density at radius 1 is 1.11 bits per heavy atom. The zero-order chi connectivity index (χ0) is 20.6. The minimum atomic E-state index is -4.20. The molecule has 0 aromatic heterocycles. The average molecular weight is 400 g/mol. The van der Waals surface area contributed by atoms with Gasteiger partial charge in [0.25, 0.3) is 10.2 Å². The second-order valence-electron chi connectivity index (χ2n) is 6.34. The molecule has 1 aromatic rings. The monoisotopic (exact) mass is 400 g/mol. The van der Waals surface area contributed by atoms with Crippen LogP contribution in [0.4, 0.5) is 0 Å². The molecule has 0 spiro atoms. The van der Waals surface area contributed by atoms with Gasteiger partial charge in [0.1, 0.15) is 12.1 Å². The molecule has 1 aromatic carbocycles. The molecule has 8 nitrogen and oxygen atoms in total. The minimum absolute atomic E-state index is 0.0519. The summed E-state index contributed by atoms with van der Waals surface area (Å²) in [5.74, 6) is -1.72. The fourth-order valence-electron chi connectivity index (χ4n) is 2.55. The van der Waals surface area contributed by atoms with Crippen LogP contribution < -0.4 is 4.72 Å². The van der Waals surface area contributed by atoms with Crippen LogP contribution in [0.25, 0.3) is 0 Å². The van der Waals surface area contributed by atoms with E-state index in [4.69, 9.17) is 9.47 Å². The van der Waals surface area contributed by atoms with Crippen LogP contribution in [0.1, 0.15) is 33.3 Å². The molecule has 0 saturated carbocycles. The van der Waals surface area contributed by atoms with Gasteiger partial charge in [0.15, 0.2) is 0 Å². The molecule has 0 bridgehead atoms. The maximum atomic E-state index is 13.0. The van der Waals surface area contributed by atoms with E-state index in [1.807, 2.05) is 6.07 Å². The molecule has 0 saturated heterocycles. The first-order chi connectivity index (χ1) is 12.6. The number of nitrogens with one attached hydrogen (secondary N) is 1. The van der Waals surface area contributed by atoms with Crippen LogP contribution >= 0.6 is 0 Å². The Balaban J connectivity index is 3.25. The molecule has 0 unspecified atom stereocenters. The summed E-state index contributed by atoms with van der Waals surface area (Å²) >= 11 is 0. The van der Waals surface area contributed by atoms with Crippen molar-refractivity contribution >= 4 is 22.1 Å². The van der Waals surface area contributed by atoms with Crippen LogP contribution in [0.15, 0.2) is 30.3 Å². The normalized spacial score (nSPS) is 14.0. The van der Waals surface area contributed by atoms with Gasteiger partial charge >= 0.3 is 11.9 Å². The van der Waals surface area contributed by atoms with Gasteiger partial charge in [-0.2, -0.15) is 17.4 Å². The van der Waals surface area contributed by atoms with E-state index in [9.17, 15) is 18.0 Å². The lowest BCUT2D eigenvalue weighted by Gasteiger charge is -2.32. The maximum Gasteiger partial charge on any atom is 0.324 e. The average Bonchev–Trinajstić information content (AvgIpc) is 2.61. The van der Waals surface area contributed by atoms with Gasteiger partial charge in [0, 0.05) is 6.54 Å². The van der Waals surface area contributed by atoms with Crippen molar-refractivity contribution in [3.63, 3.8) is 0 Å². The molecular weight excluding hydrogens is 372 g/mol. The second-order valence-corrected chi connectivity index (χ2v) is 7.99. The summed E-state index contributed by atoms with van der Waals surface area (Å²) in [7, 11) is -2.99. The topological polar surface area (TPSA) is 102 Å². The van der Waals surface area contributed by atoms with Gasteiger partial charge in [-0.05, 0) is 25.3 Å². The number of carbonyl (C=O) groups is 2. The Morgan fingerprint density at radius 3 is 2.19 bits per heavy atom. The third-order valence-electron chi connectivity index (χ3n) is 3.84. The van der Waals surface area contributed by atoms with E-state index in [0.29, 0.717) is 5.56 Å². The zero-order valence-corrected chi connectivity index (χ0v) is 17.2. The summed E-state index contributed by atoms with van der Waals surface area (Å²) < 4.78 is 39.0. The fourth-order valence-corrected chi connectivity index (χ4v) is 4.17. The molecule has 0 heterocycles. The summed E-state index contributed by atoms with van der Waals surface area (Å²) in [5.41, 5.74) is 0.696. The first-order valence-corrected chi connectivity index (χ1v) is 10.2. The predicted molar refractivity (Wildman–Crippen MR) is 101 cm³/mol. The number of esters is 2. The third-order valence-corrected chi connectivity index (χ3v) is 5.47. The molecule has 152 valence electrons. The van der Waals surface area contributed by atoms with Crippen molar-refractivity contribution in [3.8, 4) is 0 Å². The van der Waals surface area contributed by atoms with Crippen LogP contribution in [0.2, 0.25) is 0 Å². The SMILES string of the molecule is CCOC(=O)[C@@H](C)NS(=O)(=O)N(Cc1ccccc1)[C@H](C(=O)OC)C(C)C. The molecule has 0 radical (unpaired) electrons. The number of methoxy groups -OCH3 is 1. The van der Waals surface area contributed by atoms with Crippen LogP contribution in [-0.4, -0.2) is 50.5 Å². The Labute approximate surface area is 161 Å². The van der Waals surface area contributed by atoms with Crippen LogP contribution in [-0.2, 0) is 35.8 Å². The lowest BCUT2D eigenvalue weighted by molar-refractivity contribution is -0.146. The molecule has 0 aliphatic carbocycles. The molecule has 0 aliphatic heterocycles. The van der Waals surface area contributed by atoms with E-state index in [1.54, 1.807) is 45.0 Å². The Bertz CT molecular complexity index is 721. The van der Waals surface area contributed by atoms with Gasteiger partial charge in [0.2, 0.25) is 0 Å². The first-order valence-electron chi connectivity index (χ1n) is 8.71. The molecule has 0 amide bonds. The van der Waals surface area contributed by atoms with E-state index in [2.05, 4.69) is 4.72 Å². The Morgan fingerprint density at radius 2 is 1.70 bits per heavy atom. The summed E-state index contributed by atoms with van der Waals surface area (Å²) in [6.45, 7) is 6.55. The Hall–Kier alpha value is -1.97. The summed E-state index contributed by atoms with van der Waals surface area (Å²) in [4.78, 5) is 24.1. The third kappa shape index (κ3) is 6.60. The molecule has 1 rings (SSSR count). The number of benzene rings is 1. The first kappa shape index (κ1) is 23.1. The van der Waals surface area contributed by atoms with Gasteiger partial charge in [-0.25, -0.2) is 0 Å². The van der Waals surface area contributed by atoms with Crippen LogP contribution in [0.3, 0.4) is 0 Å². The highest BCUT2D eigenvalue weighted by atomic mass is 32.2. The van der Waals surface area contributed by atoms with E-state index in [1.165, 1.54) is 14.0 Å². The Kier molecular flexibility index (Phi) is 8.87. The molecule has 1 N–H and O–H groups in total. The van der Waals surface area contributed by atoms with Gasteiger partial charge in [-0.3, -0.25) is 9.59 Å². The highest BCUT2D eigenvalue weighted by Gasteiger charge is 2.39. The van der Waals surface area contributed by atoms with Crippen molar-refractivity contribution in [1.82, 2.24) is 9.03 Å². The highest BCUT2D eigenvalue weighted by Crippen LogP contribution is 2.20. The van der Waals surface area contributed by atoms with Crippen LogP contribution in [0.5, 0.6) is 0 Å². The van der Waals surface area contributed by atoms with Crippen molar-refractivity contribution in [1.29, 1.82) is 0 Å². The zero-order valence-electron chi connectivity index (χ0n) is 16.3. The fraction of sp³-hybridized carbons (Fsp3) is 0.556. The smallest absolute Gasteiger partial charge is 0.324 e. The number of carbonyl (C=O) groups excluding carboxylic acids is 2. The van der Waals surface area contributed by atoms with Gasteiger partial charge < -0.3 is 9.47 Å². The highest BCUT2D eigenvalue weighted by molar-refractivity contribution is 7.87.